The predicted octanol–water partition coefficient (Wildman–Crippen LogP) is 6.60. The van der Waals surface area contributed by atoms with Gasteiger partial charge in [-0.15, -0.1) is 34.0 Å². The molecule has 0 unspecified atom stereocenters. The van der Waals surface area contributed by atoms with Gasteiger partial charge >= 0.3 is 11.9 Å². The van der Waals surface area contributed by atoms with Gasteiger partial charge < -0.3 is 10.2 Å². The normalized spacial score (nSPS) is 12.0. The van der Waals surface area contributed by atoms with E-state index in [1.165, 1.54) is 58.3 Å². The minimum atomic E-state index is -3.37. The highest BCUT2D eigenvalue weighted by atomic mass is 32.2. The predicted molar refractivity (Wildman–Crippen MR) is 171 cm³/mol. The van der Waals surface area contributed by atoms with Gasteiger partial charge in [-0.3, -0.25) is 9.59 Å². The van der Waals surface area contributed by atoms with E-state index in [4.69, 9.17) is 0 Å². The maximum Gasteiger partial charge on any atom is 0.307 e. The molecule has 3 heterocycles. The molecule has 2 aromatic carbocycles. The van der Waals surface area contributed by atoms with E-state index in [-0.39, 0.29) is 22.6 Å². The summed E-state index contributed by atoms with van der Waals surface area (Å²) in [6.45, 7) is 0. The molecule has 13 heteroatoms. The van der Waals surface area contributed by atoms with Gasteiger partial charge in [-0.1, -0.05) is 24.3 Å². The summed E-state index contributed by atoms with van der Waals surface area (Å²) in [7, 11) is -6.74. The smallest absolute Gasteiger partial charge is 0.307 e. The molecule has 222 valence electrons. The average Bonchev–Trinajstić information content (AvgIpc) is 3.66. The Kier molecular flexibility index (Phi) is 8.47. The van der Waals surface area contributed by atoms with Crippen molar-refractivity contribution in [2.75, 3.05) is 12.5 Å². The molecule has 0 amide bonds. The molecule has 2 N–H and O–H groups in total. The third-order valence-electron chi connectivity index (χ3n) is 6.48. The van der Waals surface area contributed by atoms with Crippen LogP contribution in [0.3, 0.4) is 0 Å². The summed E-state index contributed by atoms with van der Waals surface area (Å²) >= 11 is 4.33. The van der Waals surface area contributed by atoms with E-state index in [9.17, 15) is 36.6 Å². The van der Waals surface area contributed by atoms with E-state index >= 15 is 0 Å². The molecule has 43 heavy (non-hydrogen) atoms. The molecule has 0 atom stereocenters. The molecule has 0 bridgehead atoms. The highest BCUT2D eigenvalue weighted by Gasteiger charge is 2.20. The number of benzene rings is 2. The molecule has 0 saturated heterocycles. The SMILES string of the molecule is CS(=O)(=O)c1ccc(-c2sc(-c3ccc(-c4cc(CC(=O)O)c(-c5ccc(S(C)(=O)=O)cc5)s4)s3)cc2CC(=O)O)cc1. The van der Waals surface area contributed by atoms with E-state index < -0.39 is 31.6 Å². The molecule has 3 aromatic heterocycles. The van der Waals surface area contributed by atoms with Crippen molar-refractivity contribution in [1.82, 2.24) is 0 Å². The largest absolute Gasteiger partial charge is 0.481 e. The zero-order chi connectivity index (χ0) is 31.1. The number of sulfone groups is 2. The summed E-state index contributed by atoms with van der Waals surface area (Å²) in [5.74, 6) is -1.96. The van der Waals surface area contributed by atoms with Crippen LogP contribution >= 0.6 is 34.0 Å². The van der Waals surface area contributed by atoms with Gasteiger partial charge in [0.05, 0.1) is 22.6 Å². The number of carboxylic acids is 2. The van der Waals surface area contributed by atoms with Crippen LogP contribution in [0.2, 0.25) is 0 Å². The van der Waals surface area contributed by atoms with Gasteiger partial charge in [-0.2, -0.15) is 0 Å². The van der Waals surface area contributed by atoms with E-state index in [1.54, 1.807) is 24.3 Å². The standard InChI is InChI=1S/C30H24O8S5/c1-42(35,36)21-7-3-17(4-8-21)29-19(15-27(31)32)13-25(40-29)23-11-12-24(39-23)26-14-20(16-28(33)34)30(41-26)18-5-9-22(10-6-18)43(2,37)38/h3-14H,15-16H2,1-2H3,(H,31,32)(H,33,34). The first kappa shape index (κ1) is 30.8. The number of rotatable bonds is 10. The van der Waals surface area contributed by atoms with Crippen molar-refractivity contribution < 1.29 is 36.6 Å². The summed E-state index contributed by atoms with van der Waals surface area (Å²) in [5, 5.41) is 19.0. The number of carboxylic acid groups (broad SMARTS) is 2. The lowest BCUT2D eigenvalue weighted by atomic mass is 10.1. The topological polar surface area (TPSA) is 143 Å². The first-order valence-corrected chi connectivity index (χ1v) is 18.8. The fourth-order valence-electron chi connectivity index (χ4n) is 4.49. The zero-order valence-electron chi connectivity index (χ0n) is 22.7. The van der Waals surface area contributed by atoms with Crippen molar-refractivity contribution in [2.45, 2.75) is 22.6 Å². The number of thiophene rings is 3. The summed E-state index contributed by atoms with van der Waals surface area (Å²) in [4.78, 5) is 28.6. The number of hydrogen-bond acceptors (Lipinski definition) is 9. The molecule has 5 rings (SSSR count). The first-order valence-electron chi connectivity index (χ1n) is 12.6. The second-order valence-corrected chi connectivity index (χ2v) is 17.0. The lowest BCUT2D eigenvalue weighted by Gasteiger charge is -2.03. The van der Waals surface area contributed by atoms with Gasteiger partial charge in [-0.05, 0) is 70.8 Å². The molecule has 0 aliphatic rings. The second kappa shape index (κ2) is 11.8. The Hall–Kier alpha value is -3.62. The minimum absolute atomic E-state index is 0.180. The monoisotopic (exact) mass is 672 g/mol. The summed E-state index contributed by atoms with van der Waals surface area (Å²) < 4.78 is 47.5. The lowest BCUT2D eigenvalue weighted by molar-refractivity contribution is -0.137. The first-order chi connectivity index (χ1) is 20.2. The van der Waals surface area contributed by atoms with Crippen LogP contribution in [0.15, 0.2) is 82.6 Å². The van der Waals surface area contributed by atoms with Crippen molar-refractivity contribution >= 4 is 65.6 Å². The van der Waals surface area contributed by atoms with Crippen LogP contribution in [0.25, 0.3) is 40.4 Å². The van der Waals surface area contributed by atoms with Gasteiger partial charge in [0.15, 0.2) is 19.7 Å². The van der Waals surface area contributed by atoms with Gasteiger partial charge in [0.2, 0.25) is 0 Å². The van der Waals surface area contributed by atoms with Crippen LogP contribution < -0.4 is 0 Å². The Morgan fingerprint density at radius 2 is 0.907 bits per heavy atom. The van der Waals surface area contributed by atoms with E-state index in [2.05, 4.69) is 0 Å². The van der Waals surface area contributed by atoms with Crippen LogP contribution in [0.1, 0.15) is 11.1 Å². The lowest BCUT2D eigenvalue weighted by Crippen LogP contribution is -2.00. The Labute approximate surface area is 260 Å². The average molecular weight is 673 g/mol. The maximum absolute atomic E-state index is 11.9. The van der Waals surface area contributed by atoms with Crippen molar-refractivity contribution in [1.29, 1.82) is 0 Å². The van der Waals surface area contributed by atoms with Crippen molar-refractivity contribution in [2.24, 2.45) is 0 Å². The van der Waals surface area contributed by atoms with Crippen LogP contribution in [0.5, 0.6) is 0 Å². The van der Waals surface area contributed by atoms with Crippen LogP contribution in [0.4, 0.5) is 0 Å². The molecular weight excluding hydrogens is 649 g/mol. The molecule has 0 saturated carbocycles. The third-order valence-corrected chi connectivity index (χ3v) is 12.7. The Morgan fingerprint density at radius 3 is 1.21 bits per heavy atom. The quantitative estimate of drug-likeness (QED) is 0.169. The number of aliphatic carboxylic acids is 2. The molecule has 5 aromatic rings. The molecule has 0 aliphatic carbocycles. The summed E-state index contributed by atoms with van der Waals surface area (Å²) in [5.41, 5.74) is 2.68. The van der Waals surface area contributed by atoms with E-state index in [0.717, 1.165) is 52.9 Å². The van der Waals surface area contributed by atoms with Gasteiger partial charge in [-0.25, -0.2) is 16.8 Å². The molecule has 0 radical (unpaired) electrons. The third kappa shape index (κ3) is 6.97. The molecule has 0 fully saturated rings. The number of carbonyl (C=O) groups is 2. The fourth-order valence-corrected chi connectivity index (χ4v) is 9.29. The Bertz CT molecular complexity index is 1910. The molecule has 0 aliphatic heterocycles. The highest BCUT2D eigenvalue weighted by Crippen LogP contribution is 2.46. The van der Waals surface area contributed by atoms with Crippen LogP contribution in [-0.2, 0) is 42.1 Å². The fraction of sp³-hybridized carbons (Fsp3) is 0.133. The Morgan fingerprint density at radius 1 is 0.558 bits per heavy atom. The minimum Gasteiger partial charge on any atom is -0.481 e. The van der Waals surface area contributed by atoms with Crippen molar-refractivity contribution in [3.8, 4) is 40.4 Å². The van der Waals surface area contributed by atoms with Gasteiger partial charge in [0, 0.05) is 41.8 Å². The molecule has 0 spiro atoms. The van der Waals surface area contributed by atoms with Crippen molar-refractivity contribution in [3.05, 3.63) is 83.9 Å². The summed E-state index contributed by atoms with van der Waals surface area (Å²) in [6.07, 6.45) is 1.88. The molecule has 8 nitrogen and oxygen atoms in total. The van der Waals surface area contributed by atoms with Crippen LogP contribution in [0, 0.1) is 0 Å². The highest BCUT2D eigenvalue weighted by molar-refractivity contribution is 7.91. The summed E-state index contributed by atoms with van der Waals surface area (Å²) in [6, 6.07) is 20.3. The van der Waals surface area contributed by atoms with Crippen LogP contribution in [-0.4, -0.2) is 51.5 Å². The zero-order valence-corrected chi connectivity index (χ0v) is 26.8. The second-order valence-electron chi connectivity index (χ2n) is 9.83. The van der Waals surface area contributed by atoms with Gasteiger partial charge in [0.25, 0.3) is 0 Å². The van der Waals surface area contributed by atoms with Gasteiger partial charge in [0.1, 0.15) is 0 Å². The maximum atomic E-state index is 11.9. The Balaban J connectivity index is 1.51. The molecular formula is C30H24O8S5. The van der Waals surface area contributed by atoms with Crippen molar-refractivity contribution in [3.63, 3.8) is 0 Å². The number of hydrogen-bond donors (Lipinski definition) is 2. The van der Waals surface area contributed by atoms with E-state index in [1.807, 2.05) is 24.3 Å². The van der Waals surface area contributed by atoms with E-state index in [0.29, 0.717) is 11.1 Å².